The SMILES string of the molecule is COc1cc(OCCCN2CCCC2)ccc1-c1c(C)sc2cnc(Nc3cn[nH]c3)nc12. The monoisotopic (exact) mass is 464 g/mol. The minimum absolute atomic E-state index is 0.528. The van der Waals surface area contributed by atoms with E-state index in [4.69, 9.17) is 14.5 Å². The molecular weight excluding hydrogens is 436 g/mol. The van der Waals surface area contributed by atoms with Crippen LogP contribution in [0.5, 0.6) is 11.5 Å². The fourth-order valence-corrected chi connectivity index (χ4v) is 5.27. The summed E-state index contributed by atoms with van der Waals surface area (Å²) in [6, 6.07) is 6.05. The highest BCUT2D eigenvalue weighted by Gasteiger charge is 2.18. The molecular formula is C24H28N6O2S. The van der Waals surface area contributed by atoms with Crippen LogP contribution in [0.2, 0.25) is 0 Å². The molecule has 3 aromatic heterocycles. The number of aromatic nitrogens is 4. The van der Waals surface area contributed by atoms with Crippen molar-refractivity contribution in [3.8, 4) is 22.6 Å². The molecule has 0 bridgehead atoms. The van der Waals surface area contributed by atoms with Gasteiger partial charge in [0.1, 0.15) is 11.5 Å². The quantitative estimate of drug-likeness (QED) is 0.337. The molecule has 1 fully saturated rings. The summed E-state index contributed by atoms with van der Waals surface area (Å²) in [5.41, 5.74) is 3.77. The van der Waals surface area contributed by atoms with Gasteiger partial charge in [0.2, 0.25) is 5.95 Å². The Morgan fingerprint density at radius 2 is 2.09 bits per heavy atom. The number of rotatable bonds is 9. The lowest BCUT2D eigenvalue weighted by Gasteiger charge is -2.15. The van der Waals surface area contributed by atoms with Crippen LogP contribution >= 0.6 is 11.3 Å². The number of likely N-dealkylation sites (tertiary alicyclic amines) is 1. The first-order chi connectivity index (χ1) is 16.2. The molecule has 0 aliphatic carbocycles. The molecule has 0 atom stereocenters. The van der Waals surface area contributed by atoms with Gasteiger partial charge in [-0.25, -0.2) is 9.97 Å². The van der Waals surface area contributed by atoms with Crippen LogP contribution in [0.3, 0.4) is 0 Å². The highest BCUT2D eigenvalue weighted by atomic mass is 32.1. The second-order valence-corrected chi connectivity index (χ2v) is 9.42. The zero-order valence-electron chi connectivity index (χ0n) is 18.9. The van der Waals surface area contributed by atoms with Gasteiger partial charge in [-0.1, -0.05) is 0 Å². The minimum Gasteiger partial charge on any atom is -0.496 e. The van der Waals surface area contributed by atoms with Crippen LogP contribution in [0.4, 0.5) is 11.6 Å². The summed E-state index contributed by atoms with van der Waals surface area (Å²) >= 11 is 1.68. The van der Waals surface area contributed by atoms with Gasteiger partial charge in [0.25, 0.3) is 0 Å². The largest absolute Gasteiger partial charge is 0.496 e. The Bertz CT molecular complexity index is 1220. The van der Waals surface area contributed by atoms with Crippen LogP contribution in [0.25, 0.3) is 21.3 Å². The van der Waals surface area contributed by atoms with Crippen molar-refractivity contribution < 1.29 is 9.47 Å². The summed E-state index contributed by atoms with van der Waals surface area (Å²) in [5.74, 6) is 2.13. The van der Waals surface area contributed by atoms with Gasteiger partial charge in [-0.05, 0) is 51.4 Å². The number of hydrogen-bond donors (Lipinski definition) is 2. The summed E-state index contributed by atoms with van der Waals surface area (Å²) < 4.78 is 12.8. The average Bonchev–Trinajstić information content (AvgIpc) is 3.58. The van der Waals surface area contributed by atoms with Crippen LogP contribution in [-0.4, -0.2) is 58.4 Å². The van der Waals surface area contributed by atoms with E-state index in [0.29, 0.717) is 12.6 Å². The van der Waals surface area contributed by atoms with Crippen LogP contribution in [0, 0.1) is 6.92 Å². The number of nitrogens with one attached hydrogen (secondary N) is 2. The third kappa shape index (κ3) is 4.79. The molecule has 172 valence electrons. The molecule has 5 rings (SSSR count). The molecule has 0 unspecified atom stereocenters. The molecule has 1 aliphatic rings. The Hall–Kier alpha value is -3.17. The van der Waals surface area contributed by atoms with Crippen molar-refractivity contribution in [1.82, 2.24) is 25.1 Å². The van der Waals surface area contributed by atoms with Crippen molar-refractivity contribution >= 4 is 33.2 Å². The summed E-state index contributed by atoms with van der Waals surface area (Å²) in [5, 5.41) is 9.92. The van der Waals surface area contributed by atoms with Gasteiger partial charge < -0.3 is 19.7 Å². The molecule has 0 radical (unpaired) electrons. The van der Waals surface area contributed by atoms with Crippen LogP contribution in [-0.2, 0) is 0 Å². The Morgan fingerprint density at radius 1 is 1.21 bits per heavy atom. The molecule has 4 aromatic rings. The number of aromatic amines is 1. The molecule has 1 aliphatic heterocycles. The van der Waals surface area contributed by atoms with Crippen LogP contribution < -0.4 is 14.8 Å². The molecule has 2 N–H and O–H groups in total. The van der Waals surface area contributed by atoms with Crippen molar-refractivity contribution in [2.24, 2.45) is 0 Å². The molecule has 1 saturated heterocycles. The summed E-state index contributed by atoms with van der Waals surface area (Å²) in [6.07, 6.45) is 8.99. The standard InChI is InChI=1S/C24H28N6O2S/c1-16-22(23-21(33-16)15-25-24(29-23)28-17-13-26-27-14-17)19-7-6-18(12-20(19)31-2)32-11-5-10-30-8-3-4-9-30/h6-7,12-15H,3-5,8-11H2,1-2H3,(H,26,27)(H,25,28,29). The maximum Gasteiger partial charge on any atom is 0.227 e. The molecule has 33 heavy (non-hydrogen) atoms. The minimum atomic E-state index is 0.528. The first-order valence-electron chi connectivity index (χ1n) is 11.3. The van der Waals surface area contributed by atoms with E-state index in [-0.39, 0.29) is 0 Å². The van der Waals surface area contributed by atoms with Crippen molar-refractivity contribution in [2.75, 3.05) is 38.7 Å². The smallest absolute Gasteiger partial charge is 0.227 e. The predicted octanol–water partition coefficient (Wildman–Crippen LogP) is 5.01. The second-order valence-electron chi connectivity index (χ2n) is 8.16. The fourth-order valence-electron chi connectivity index (χ4n) is 4.29. The van der Waals surface area contributed by atoms with Gasteiger partial charge in [0, 0.05) is 34.8 Å². The van der Waals surface area contributed by atoms with Crippen LogP contribution in [0.1, 0.15) is 24.1 Å². The Kier molecular flexibility index (Phi) is 6.41. The lowest BCUT2D eigenvalue weighted by Crippen LogP contribution is -2.21. The van der Waals surface area contributed by atoms with Crippen LogP contribution in [0.15, 0.2) is 36.8 Å². The van der Waals surface area contributed by atoms with Gasteiger partial charge in [-0.2, -0.15) is 5.10 Å². The number of H-pyrrole nitrogens is 1. The van der Waals surface area contributed by atoms with Crippen molar-refractivity contribution in [3.05, 3.63) is 41.7 Å². The highest BCUT2D eigenvalue weighted by Crippen LogP contribution is 2.42. The molecule has 0 spiro atoms. The highest BCUT2D eigenvalue weighted by molar-refractivity contribution is 7.19. The third-order valence-corrected chi connectivity index (χ3v) is 6.92. The number of hydrogen-bond acceptors (Lipinski definition) is 8. The Labute approximate surface area is 197 Å². The topological polar surface area (TPSA) is 88.2 Å². The lowest BCUT2D eigenvalue weighted by molar-refractivity contribution is 0.262. The fraction of sp³-hybridized carbons (Fsp3) is 0.375. The van der Waals surface area contributed by atoms with Gasteiger partial charge in [-0.15, -0.1) is 11.3 Å². The summed E-state index contributed by atoms with van der Waals surface area (Å²) in [4.78, 5) is 12.9. The van der Waals surface area contributed by atoms with Gasteiger partial charge in [0.15, 0.2) is 0 Å². The third-order valence-electron chi connectivity index (χ3n) is 5.89. The number of thiophene rings is 1. The van der Waals surface area contributed by atoms with E-state index in [1.165, 1.54) is 25.9 Å². The van der Waals surface area contributed by atoms with Crippen molar-refractivity contribution in [1.29, 1.82) is 0 Å². The van der Waals surface area contributed by atoms with Gasteiger partial charge in [0.05, 0.1) is 42.0 Å². The van der Waals surface area contributed by atoms with E-state index in [9.17, 15) is 0 Å². The summed E-state index contributed by atoms with van der Waals surface area (Å²) in [6.45, 7) is 6.35. The number of ether oxygens (including phenoxy) is 2. The Morgan fingerprint density at radius 3 is 2.88 bits per heavy atom. The predicted molar refractivity (Wildman–Crippen MR) is 132 cm³/mol. The number of aryl methyl sites for hydroxylation is 1. The van der Waals surface area contributed by atoms with E-state index in [1.807, 2.05) is 18.3 Å². The molecule has 4 heterocycles. The number of nitrogens with zero attached hydrogens (tertiary/aromatic N) is 4. The number of methoxy groups -OCH3 is 1. The van der Waals surface area contributed by atoms with Gasteiger partial charge in [-0.3, -0.25) is 5.10 Å². The number of benzene rings is 1. The molecule has 9 heteroatoms. The molecule has 8 nitrogen and oxygen atoms in total. The zero-order chi connectivity index (χ0) is 22.6. The molecule has 0 amide bonds. The molecule has 1 aromatic carbocycles. The maximum absolute atomic E-state index is 6.03. The maximum atomic E-state index is 6.03. The average molecular weight is 465 g/mol. The van der Waals surface area contributed by atoms with E-state index in [1.54, 1.807) is 30.8 Å². The van der Waals surface area contributed by atoms with E-state index in [0.717, 1.165) is 56.4 Å². The van der Waals surface area contributed by atoms with Crippen molar-refractivity contribution in [2.45, 2.75) is 26.2 Å². The lowest BCUT2D eigenvalue weighted by atomic mass is 10.0. The van der Waals surface area contributed by atoms with E-state index < -0.39 is 0 Å². The Balaban J connectivity index is 1.37. The number of fused-ring (bicyclic) bond motifs is 1. The second kappa shape index (κ2) is 9.76. The first kappa shape index (κ1) is 21.7. The van der Waals surface area contributed by atoms with Crippen molar-refractivity contribution in [3.63, 3.8) is 0 Å². The number of anilines is 2. The van der Waals surface area contributed by atoms with Gasteiger partial charge >= 0.3 is 0 Å². The normalized spacial score (nSPS) is 14.1. The molecule has 0 saturated carbocycles. The zero-order valence-corrected chi connectivity index (χ0v) is 19.7. The first-order valence-corrected chi connectivity index (χ1v) is 12.1. The van der Waals surface area contributed by atoms with E-state index >= 15 is 0 Å². The van der Waals surface area contributed by atoms with E-state index in [2.05, 4.69) is 38.4 Å². The summed E-state index contributed by atoms with van der Waals surface area (Å²) in [7, 11) is 1.70.